The molecule has 0 radical (unpaired) electrons. The number of nitrogens with zero attached hydrogens (tertiary/aromatic N) is 5. The van der Waals surface area contributed by atoms with Crippen LogP contribution in [0.15, 0.2) is 35.7 Å². The number of fused-ring (bicyclic) bond motifs is 1. The minimum absolute atomic E-state index is 0.436. The highest BCUT2D eigenvalue weighted by atomic mass is 16.5. The molecule has 0 saturated heterocycles. The Labute approximate surface area is 114 Å². The average molecular weight is 272 g/mol. The summed E-state index contributed by atoms with van der Waals surface area (Å²) < 4.78 is 6.37. The van der Waals surface area contributed by atoms with Crippen molar-refractivity contribution in [2.24, 2.45) is 0 Å². The molecule has 1 aliphatic heterocycles. The third-order valence-electron chi connectivity index (χ3n) is 3.09. The summed E-state index contributed by atoms with van der Waals surface area (Å²) in [7, 11) is 1.34. The second-order valence-corrected chi connectivity index (χ2v) is 4.26. The largest absolute Gasteiger partial charge is 0.466 e. The Morgan fingerprint density at radius 2 is 2.30 bits per heavy atom. The number of allylic oxidation sites excluding steroid dienone is 1. The second kappa shape index (κ2) is 4.72. The van der Waals surface area contributed by atoms with Gasteiger partial charge in [0, 0.05) is 11.9 Å². The van der Waals surface area contributed by atoms with E-state index >= 15 is 0 Å². The fourth-order valence-electron chi connectivity index (χ4n) is 2.20. The van der Waals surface area contributed by atoms with Gasteiger partial charge in [-0.3, -0.25) is 4.98 Å². The Kier molecular flexibility index (Phi) is 2.90. The van der Waals surface area contributed by atoms with E-state index in [4.69, 9.17) is 4.74 Å². The predicted octanol–water partition coefficient (Wildman–Crippen LogP) is 0.530. The lowest BCUT2D eigenvalue weighted by atomic mass is 10.00. The molecule has 0 bridgehead atoms. The molecule has 1 N–H and O–H groups in total. The van der Waals surface area contributed by atoms with Crippen LogP contribution in [0.2, 0.25) is 0 Å². The lowest BCUT2D eigenvalue weighted by Gasteiger charge is -2.26. The van der Waals surface area contributed by atoms with Gasteiger partial charge in [0.25, 0.3) is 0 Å². The molecule has 2 aromatic heterocycles. The Morgan fingerprint density at radius 1 is 1.45 bits per heavy atom. The van der Waals surface area contributed by atoms with E-state index in [9.17, 15) is 4.79 Å². The van der Waals surface area contributed by atoms with E-state index in [-0.39, 0.29) is 0 Å². The van der Waals surface area contributed by atoms with Crippen LogP contribution < -0.4 is 5.32 Å². The van der Waals surface area contributed by atoms with Gasteiger partial charge in [0.15, 0.2) is 0 Å². The van der Waals surface area contributed by atoms with Crippen molar-refractivity contribution in [1.82, 2.24) is 25.2 Å². The summed E-state index contributed by atoms with van der Waals surface area (Å²) in [6.45, 7) is 1.78. The van der Waals surface area contributed by atoms with Crippen molar-refractivity contribution >= 4 is 11.9 Å². The van der Waals surface area contributed by atoms with Crippen LogP contribution in [0.3, 0.4) is 0 Å². The van der Waals surface area contributed by atoms with Crippen LogP contribution in [-0.4, -0.2) is 38.3 Å². The molecule has 0 spiro atoms. The molecule has 8 heteroatoms. The molecule has 0 fully saturated rings. The molecule has 0 saturated carbocycles. The van der Waals surface area contributed by atoms with Crippen molar-refractivity contribution in [3.05, 3.63) is 41.4 Å². The Hall–Kier alpha value is -2.77. The van der Waals surface area contributed by atoms with Crippen molar-refractivity contribution in [1.29, 1.82) is 0 Å². The SMILES string of the molecule is COC(=O)C1=C(C)Nc2nnnn2[C@@H]1c1ccccn1. The molecule has 1 atom stereocenters. The van der Waals surface area contributed by atoms with Gasteiger partial charge in [-0.05, 0) is 29.5 Å². The van der Waals surface area contributed by atoms with Crippen LogP contribution in [0.5, 0.6) is 0 Å². The quantitative estimate of drug-likeness (QED) is 0.797. The lowest BCUT2D eigenvalue weighted by molar-refractivity contribution is -0.136. The van der Waals surface area contributed by atoms with E-state index in [0.717, 1.165) is 0 Å². The molecule has 3 heterocycles. The number of aromatic nitrogens is 5. The number of anilines is 1. The molecule has 102 valence electrons. The summed E-state index contributed by atoms with van der Waals surface area (Å²) in [5, 5.41) is 14.4. The Balaban J connectivity index is 2.19. The summed E-state index contributed by atoms with van der Waals surface area (Å²) in [6.07, 6.45) is 1.66. The van der Waals surface area contributed by atoms with E-state index in [1.807, 2.05) is 12.1 Å². The monoisotopic (exact) mass is 272 g/mol. The summed E-state index contributed by atoms with van der Waals surface area (Å²) in [4.78, 5) is 16.4. The number of rotatable bonds is 2. The number of pyridine rings is 1. The maximum absolute atomic E-state index is 12.1. The maximum Gasteiger partial charge on any atom is 0.338 e. The van der Waals surface area contributed by atoms with E-state index in [0.29, 0.717) is 22.9 Å². The molecule has 0 unspecified atom stereocenters. The first-order chi connectivity index (χ1) is 9.72. The van der Waals surface area contributed by atoms with Gasteiger partial charge < -0.3 is 10.1 Å². The molecule has 1 aliphatic rings. The molecular formula is C12H12N6O2. The molecule has 0 aromatic carbocycles. The second-order valence-electron chi connectivity index (χ2n) is 4.26. The number of hydrogen-bond acceptors (Lipinski definition) is 7. The van der Waals surface area contributed by atoms with Gasteiger partial charge in [0.05, 0.1) is 18.4 Å². The number of esters is 1. The van der Waals surface area contributed by atoms with Crippen molar-refractivity contribution in [2.75, 3.05) is 12.4 Å². The van der Waals surface area contributed by atoms with Crippen LogP contribution in [0.4, 0.5) is 5.95 Å². The highest BCUT2D eigenvalue weighted by Crippen LogP contribution is 2.33. The number of nitrogens with one attached hydrogen (secondary N) is 1. The molecule has 8 nitrogen and oxygen atoms in total. The highest BCUT2D eigenvalue weighted by molar-refractivity contribution is 5.92. The average Bonchev–Trinajstić information content (AvgIpc) is 2.93. The topological polar surface area (TPSA) is 94.8 Å². The van der Waals surface area contributed by atoms with Crippen molar-refractivity contribution < 1.29 is 9.53 Å². The molecule has 2 aromatic rings. The van der Waals surface area contributed by atoms with Crippen molar-refractivity contribution in [3.8, 4) is 0 Å². The van der Waals surface area contributed by atoms with Gasteiger partial charge in [-0.25, -0.2) is 4.79 Å². The normalized spacial score (nSPS) is 17.4. The van der Waals surface area contributed by atoms with Gasteiger partial charge in [0.2, 0.25) is 5.95 Å². The fourth-order valence-corrected chi connectivity index (χ4v) is 2.20. The summed E-state index contributed by atoms with van der Waals surface area (Å²) in [6, 6.07) is 4.96. The lowest BCUT2D eigenvalue weighted by Crippen LogP contribution is -2.29. The predicted molar refractivity (Wildman–Crippen MR) is 68.5 cm³/mol. The van der Waals surface area contributed by atoms with Gasteiger partial charge in [0.1, 0.15) is 6.04 Å². The zero-order chi connectivity index (χ0) is 14.1. The minimum atomic E-state index is -0.505. The first kappa shape index (κ1) is 12.3. The van der Waals surface area contributed by atoms with E-state index < -0.39 is 12.0 Å². The molecule has 20 heavy (non-hydrogen) atoms. The fraction of sp³-hybridized carbons (Fsp3) is 0.250. The summed E-state index contributed by atoms with van der Waals surface area (Å²) >= 11 is 0. The van der Waals surface area contributed by atoms with Crippen LogP contribution in [-0.2, 0) is 9.53 Å². The van der Waals surface area contributed by atoms with E-state index in [1.165, 1.54) is 11.8 Å². The van der Waals surface area contributed by atoms with Crippen LogP contribution >= 0.6 is 0 Å². The Bertz CT molecular complexity index is 678. The zero-order valence-corrected chi connectivity index (χ0v) is 10.9. The van der Waals surface area contributed by atoms with Crippen LogP contribution in [0.1, 0.15) is 18.7 Å². The zero-order valence-electron chi connectivity index (χ0n) is 10.9. The van der Waals surface area contributed by atoms with Gasteiger partial charge in [-0.2, -0.15) is 4.68 Å². The maximum atomic E-state index is 12.1. The molecule has 0 amide bonds. The third-order valence-corrected chi connectivity index (χ3v) is 3.09. The first-order valence-corrected chi connectivity index (χ1v) is 5.97. The first-order valence-electron chi connectivity index (χ1n) is 5.97. The number of methoxy groups -OCH3 is 1. The minimum Gasteiger partial charge on any atom is -0.466 e. The summed E-state index contributed by atoms with van der Waals surface area (Å²) in [5.41, 5.74) is 1.75. The standard InChI is InChI=1S/C12H12N6O2/c1-7-9(11(19)20-2)10(8-5-3-4-6-13-8)18-12(14-7)15-16-17-18/h3-6,10H,1-2H3,(H,14,15,17)/t10-/m1/s1. The summed E-state index contributed by atoms with van der Waals surface area (Å²) in [5.74, 6) is 0.0256. The number of tetrazole rings is 1. The van der Waals surface area contributed by atoms with Crippen LogP contribution in [0.25, 0.3) is 0 Å². The van der Waals surface area contributed by atoms with Crippen LogP contribution in [0, 0.1) is 0 Å². The third kappa shape index (κ3) is 1.81. The van der Waals surface area contributed by atoms with E-state index in [2.05, 4.69) is 25.8 Å². The number of carbonyl (C=O) groups is 1. The smallest absolute Gasteiger partial charge is 0.338 e. The number of hydrogen-bond donors (Lipinski definition) is 1. The van der Waals surface area contributed by atoms with E-state index in [1.54, 1.807) is 19.2 Å². The van der Waals surface area contributed by atoms with Gasteiger partial charge in [-0.15, -0.1) is 0 Å². The molecule has 0 aliphatic carbocycles. The van der Waals surface area contributed by atoms with Gasteiger partial charge >= 0.3 is 5.97 Å². The molecule has 3 rings (SSSR count). The Morgan fingerprint density at radius 3 is 3.00 bits per heavy atom. The van der Waals surface area contributed by atoms with Crippen molar-refractivity contribution in [2.45, 2.75) is 13.0 Å². The number of ether oxygens (including phenoxy) is 1. The number of carbonyl (C=O) groups excluding carboxylic acids is 1. The highest BCUT2D eigenvalue weighted by Gasteiger charge is 2.35. The molecular weight excluding hydrogens is 260 g/mol. The van der Waals surface area contributed by atoms with Gasteiger partial charge in [-0.1, -0.05) is 11.2 Å². The van der Waals surface area contributed by atoms with Crippen molar-refractivity contribution in [3.63, 3.8) is 0 Å².